The zero-order valence-electron chi connectivity index (χ0n) is 19.8. The molecule has 0 unspecified atom stereocenters. The summed E-state index contributed by atoms with van der Waals surface area (Å²) in [5.41, 5.74) is 1.56. The van der Waals surface area contributed by atoms with Gasteiger partial charge in [0.2, 0.25) is 11.6 Å². The van der Waals surface area contributed by atoms with Crippen LogP contribution in [0.1, 0.15) is 5.69 Å². The number of anilines is 1. The highest BCUT2D eigenvalue weighted by molar-refractivity contribution is 7.94. The molecule has 4 aromatic heterocycles. The van der Waals surface area contributed by atoms with Gasteiger partial charge < -0.3 is 18.9 Å². The van der Waals surface area contributed by atoms with Gasteiger partial charge in [-0.3, -0.25) is 13.9 Å². The number of thiazole rings is 1. The van der Waals surface area contributed by atoms with Gasteiger partial charge in [0.1, 0.15) is 17.9 Å². The topological polar surface area (TPSA) is 143 Å². The smallest absolute Gasteiger partial charge is 0.300 e. The molecule has 0 bridgehead atoms. The summed E-state index contributed by atoms with van der Waals surface area (Å²) in [6.45, 7) is 2.11. The Hall–Kier alpha value is -3.75. The van der Waals surface area contributed by atoms with E-state index in [0.29, 0.717) is 29.1 Å². The van der Waals surface area contributed by atoms with Crippen molar-refractivity contribution in [1.29, 1.82) is 0 Å². The molecule has 36 heavy (non-hydrogen) atoms. The van der Waals surface area contributed by atoms with Crippen molar-refractivity contribution < 1.29 is 27.4 Å². The quantitative estimate of drug-likeness (QED) is 0.302. The van der Waals surface area contributed by atoms with Crippen LogP contribution < -0.4 is 24.5 Å². The van der Waals surface area contributed by atoms with Gasteiger partial charge in [0.05, 0.1) is 32.7 Å². The van der Waals surface area contributed by atoms with Crippen molar-refractivity contribution in [3.05, 3.63) is 52.8 Å². The average molecular weight is 534 g/mol. The van der Waals surface area contributed by atoms with Crippen molar-refractivity contribution in [2.24, 2.45) is 0 Å². The fraction of sp³-hybridized carbons (Fsp3) is 0.273. The predicted molar refractivity (Wildman–Crippen MR) is 133 cm³/mol. The van der Waals surface area contributed by atoms with Crippen molar-refractivity contribution in [3.63, 3.8) is 0 Å². The Balaban J connectivity index is 1.72. The van der Waals surface area contributed by atoms with Crippen molar-refractivity contribution in [3.8, 4) is 28.0 Å². The minimum absolute atomic E-state index is 0.0103. The van der Waals surface area contributed by atoms with Gasteiger partial charge >= 0.3 is 0 Å². The maximum absolute atomic E-state index is 13.1. The van der Waals surface area contributed by atoms with Gasteiger partial charge in [-0.15, -0.1) is 0 Å². The third kappa shape index (κ3) is 5.10. The van der Waals surface area contributed by atoms with Crippen LogP contribution in [0.5, 0.6) is 16.8 Å². The molecule has 0 saturated heterocycles. The average Bonchev–Trinajstić information content (AvgIpc) is 3.27. The second-order valence-corrected chi connectivity index (χ2v) is 10.2. The van der Waals surface area contributed by atoms with E-state index >= 15 is 0 Å². The number of pyridine rings is 2. The molecule has 0 radical (unpaired) electrons. The van der Waals surface area contributed by atoms with E-state index in [1.165, 1.54) is 38.1 Å². The molecule has 4 rings (SSSR count). The van der Waals surface area contributed by atoms with Crippen LogP contribution in [-0.2, 0) is 14.8 Å². The van der Waals surface area contributed by atoms with Gasteiger partial charge in [-0.05, 0) is 25.1 Å². The standard InChI is InChI=1S/C22H23N5O7S2/c1-13-21(35-22(25-13)33-4)36(29,30)26-16-9-15(10-24-19(16)32-3)14-5-6-18-23-11-17(34-8-7-31-2)20(28)27(18)12-14/h5-6,9-12,26H,7-8H2,1-4H3. The number of hydrogen-bond acceptors (Lipinski definition) is 11. The lowest BCUT2D eigenvalue weighted by Crippen LogP contribution is -2.19. The Morgan fingerprint density at radius 1 is 1.06 bits per heavy atom. The van der Waals surface area contributed by atoms with Gasteiger partial charge in [0.15, 0.2) is 4.21 Å². The van der Waals surface area contributed by atoms with E-state index < -0.39 is 15.6 Å². The highest BCUT2D eigenvalue weighted by atomic mass is 32.2. The second kappa shape index (κ2) is 10.5. The highest BCUT2D eigenvalue weighted by Gasteiger charge is 2.24. The van der Waals surface area contributed by atoms with Gasteiger partial charge in [-0.1, -0.05) is 11.3 Å². The summed E-state index contributed by atoms with van der Waals surface area (Å²) in [6.07, 6.45) is 4.45. The molecule has 0 aliphatic heterocycles. The first-order valence-corrected chi connectivity index (χ1v) is 12.8. The Morgan fingerprint density at radius 2 is 1.86 bits per heavy atom. The number of nitrogens with one attached hydrogen (secondary N) is 1. The van der Waals surface area contributed by atoms with Crippen LogP contribution >= 0.6 is 11.3 Å². The lowest BCUT2D eigenvalue weighted by molar-refractivity contribution is 0.145. The van der Waals surface area contributed by atoms with Crippen LogP contribution in [-0.4, -0.2) is 62.3 Å². The largest absolute Gasteiger partial charge is 0.484 e. The molecule has 4 aromatic rings. The van der Waals surface area contributed by atoms with Crippen LogP contribution in [0.4, 0.5) is 5.69 Å². The molecule has 190 valence electrons. The number of sulfonamides is 1. The Labute approximate surface area is 210 Å². The third-order valence-electron chi connectivity index (χ3n) is 4.99. The van der Waals surface area contributed by atoms with Crippen molar-refractivity contribution in [2.45, 2.75) is 11.1 Å². The molecule has 14 heteroatoms. The Bertz CT molecular complexity index is 1570. The number of fused-ring (bicyclic) bond motifs is 1. The van der Waals surface area contributed by atoms with E-state index in [1.54, 1.807) is 31.3 Å². The SMILES string of the molecule is COCCOc1cnc2ccc(-c3cnc(OC)c(NS(=O)(=O)c4sc(OC)nc4C)c3)cn2c1=O. The summed E-state index contributed by atoms with van der Waals surface area (Å²) in [7, 11) is 0.323. The molecule has 0 aliphatic rings. The lowest BCUT2D eigenvalue weighted by Gasteiger charge is -2.13. The molecule has 0 amide bonds. The van der Waals surface area contributed by atoms with Gasteiger partial charge in [-0.2, -0.15) is 0 Å². The van der Waals surface area contributed by atoms with Crippen molar-refractivity contribution in [1.82, 2.24) is 19.4 Å². The summed E-state index contributed by atoms with van der Waals surface area (Å²) in [5.74, 6) is 0.156. The number of rotatable bonds is 10. The van der Waals surface area contributed by atoms with Gasteiger partial charge in [0, 0.05) is 30.6 Å². The van der Waals surface area contributed by atoms with Crippen molar-refractivity contribution >= 4 is 32.7 Å². The lowest BCUT2D eigenvalue weighted by atomic mass is 10.1. The molecular weight excluding hydrogens is 510 g/mol. The molecule has 12 nitrogen and oxygen atoms in total. The molecule has 4 heterocycles. The first-order valence-electron chi connectivity index (χ1n) is 10.5. The fourth-order valence-electron chi connectivity index (χ4n) is 3.30. The number of nitrogens with zero attached hydrogens (tertiary/aromatic N) is 4. The summed E-state index contributed by atoms with van der Waals surface area (Å²) in [4.78, 5) is 25.5. The Morgan fingerprint density at radius 3 is 2.56 bits per heavy atom. The molecule has 1 N–H and O–H groups in total. The summed E-state index contributed by atoms with van der Waals surface area (Å²) < 4.78 is 50.7. The number of aryl methyl sites for hydroxylation is 1. The monoisotopic (exact) mass is 533 g/mol. The Kier molecular flexibility index (Phi) is 7.37. The molecule has 0 saturated carbocycles. The molecule has 0 fully saturated rings. The van der Waals surface area contributed by atoms with Crippen molar-refractivity contribution in [2.75, 3.05) is 39.3 Å². The van der Waals surface area contributed by atoms with Crippen LogP contribution in [0.15, 0.2) is 45.8 Å². The van der Waals surface area contributed by atoms with E-state index in [2.05, 4.69) is 19.7 Å². The summed E-state index contributed by atoms with van der Waals surface area (Å²) in [5, 5.41) is 0.229. The van der Waals surface area contributed by atoms with Crippen LogP contribution in [0, 0.1) is 6.92 Å². The third-order valence-corrected chi connectivity index (χ3v) is 8.08. The zero-order valence-corrected chi connectivity index (χ0v) is 21.5. The van der Waals surface area contributed by atoms with Crippen LogP contribution in [0.2, 0.25) is 0 Å². The molecular formula is C22H23N5O7S2. The number of methoxy groups -OCH3 is 3. The fourth-order valence-corrected chi connectivity index (χ4v) is 5.65. The number of ether oxygens (including phenoxy) is 4. The zero-order chi connectivity index (χ0) is 25.9. The molecule has 0 aromatic carbocycles. The van der Waals surface area contributed by atoms with E-state index in [0.717, 1.165) is 11.3 Å². The predicted octanol–water partition coefficient (Wildman–Crippen LogP) is 2.36. The minimum atomic E-state index is -4.01. The van der Waals surface area contributed by atoms with E-state index in [1.807, 2.05) is 0 Å². The first kappa shape index (κ1) is 25.3. The van der Waals surface area contributed by atoms with Crippen LogP contribution in [0.25, 0.3) is 16.8 Å². The summed E-state index contributed by atoms with van der Waals surface area (Å²) in [6, 6.07) is 4.97. The minimum Gasteiger partial charge on any atom is -0.484 e. The first-order chi connectivity index (χ1) is 17.3. The normalized spacial score (nSPS) is 11.4. The van der Waals surface area contributed by atoms with E-state index in [9.17, 15) is 13.2 Å². The maximum Gasteiger partial charge on any atom is 0.300 e. The second-order valence-electron chi connectivity index (χ2n) is 7.36. The van der Waals surface area contributed by atoms with E-state index in [4.69, 9.17) is 18.9 Å². The van der Waals surface area contributed by atoms with Gasteiger partial charge in [0.25, 0.3) is 20.8 Å². The van der Waals surface area contributed by atoms with E-state index in [-0.39, 0.29) is 33.3 Å². The van der Waals surface area contributed by atoms with Crippen LogP contribution in [0.3, 0.4) is 0 Å². The molecule has 0 atom stereocenters. The highest BCUT2D eigenvalue weighted by Crippen LogP contribution is 2.33. The molecule has 0 spiro atoms. The summed E-state index contributed by atoms with van der Waals surface area (Å²) >= 11 is 0.901. The maximum atomic E-state index is 13.1. The van der Waals surface area contributed by atoms with Gasteiger partial charge in [-0.25, -0.2) is 23.4 Å². The number of aromatic nitrogens is 4. The number of hydrogen-bond donors (Lipinski definition) is 1. The molecule has 0 aliphatic carbocycles.